The van der Waals surface area contributed by atoms with Crippen LogP contribution >= 0.6 is 24.8 Å². The SMILES string of the molecule is CN1CCC(NC(=O)Nc2ccc(NC(=O)C(N)C3CCOCC3)cc2)CC1.Cl.Cl. The Labute approximate surface area is 190 Å². The van der Waals surface area contributed by atoms with Gasteiger partial charge >= 0.3 is 6.03 Å². The maximum absolute atomic E-state index is 12.4. The molecule has 3 rings (SSSR count). The summed E-state index contributed by atoms with van der Waals surface area (Å²) in [6.45, 7) is 3.31. The minimum atomic E-state index is -0.540. The first-order chi connectivity index (χ1) is 13.5. The van der Waals surface area contributed by atoms with E-state index >= 15 is 0 Å². The summed E-state index contributed by atoms with van der Waals surface area (Å²) >= 11 is 0. The summed E-state index contributed by atoms with van der Waals surface area (Å²) in [6, 6.07) is 6.53. The summed E-state index contributed by atoms with van der Waals surface area (Å²) in [5.41, 5.74) is 7.44. The van der Waals surface area contributed by atoms with Gasteiger partial charge in [0.2, 0.25) is 5.91 Å². The minimum absolute atomic E-state index is 0. The summed E-state index contributed by atoms with van der Waals surface area (Å²) in [4.78, 5) is 26.8. The second-order valence-electron chi connectivity index (χ2n) is 7.72. The summed E-state index contributed by atoms with van der Waals surface area (Å²) in [7, 11) is 2.09. The fourth-order valence-electron chi connectivity index (χ4n) is 3.66. The molecule has 0 aliphatic carbocycles. The Balaban J connectivity index is 0.00000225. The van der Waals surface area contributed by atoms with Crippen LogP contribution in [0.15, 0.2) is 24.3 Å². The topological polar surface area (TPSA) is 109 Å². The molecule has 0 radical (unpaired) electrons. The maximum Gasteiger partial charge on any atom is 0.319 e. The van der Waals surface area contributed by atoms with Crippen molar-refractivity contribution in [3.8, 4) is 0 Å². The zero-order chi connectivity index (χ0) is 19.9. The number of carbonyl (C=O) groups excluding carboxylic acids is 2. The second-order valence-corrected chi connectivity index (χ2v) is 7.72. The summed E-state index contributed by atoms with van der Waals surface area (Å²) < 4.78 is 5.32. The van der Waals surface area contributed by atoms with Gasteiger partial charge in [0.05, 0.1) is 6.04 Å². The molecule has 2 saturated heterocycles. The molecule has 1 aromatic carbocycles. The van der Waals surface area contributed by atoms with Gasteiger partial charge in [-0.15, -0.1) is 24.8 Å². The number of hydrogen-bond donors (Lipinski definition) is 4. The first-order valence-electron chi connectivity index (χ1n) is 10.0. The molecule has 8 nitrogen and oxygen atoms in total. The van der Waals surface area contributed by atoms with Crippen LogP contribution in [0.3, 0.4) is 0 Å². The Hall–Kier alpha value is -1.58. The molecule has 2 aliphatic rings. The summed E-state index contributed by atoms with van der Waals surface area (Å²) in [6.07, 6.45) is 3.54. The van der Waals surface area contributed by atoms with E-state index in [0.29, 0.717) is 24.6 Å². The molecule has 30 heavy (non-hydrogen) atoms. The average molecular weight is 462 g/mol. The van der Waals surface area contributed by atoms with E-state index in [1.165, 1.54) is 0 Å². The number of likely N-dealkylation sites (tertiary alicyclic amines) is 1. The van der Waals surface area contributed by atoms with Crippen LogP contribution in [0, 0.1) is 5.92 Å². The van der Waals surface area contributed by atoms with Crippen molar-refractivity contribution < 1.29 is 14.3 Å². The molecular formula is C20H33Cl2N5O3. The maximum atomic E-state index is 12.4. The first kappa shape index (κ1) is 26.5. The Bertz CT molecular complexity index is 663. The Morgan fingerprint density at radius 1 is 1.00 bits per heavy atom. The van der Waals surface area contributed by atoms with Gasteiger partial charge in [0, 0.05) is 30.6 Å². The number of benzene rings is 1. The quantitative estimate of drug-likeness (QED) is 0.538. The van der Waals surface area contributed by atoms with Crippen molar-refractivity contribution in [1.29, 1.82) is 0 Å². The number of hydrogen-bond acceptors (Lipinski definition) is 5. The normalized spacial score (nSPS) is 19.0. The Morgan fingerprint density at radius 2 is 1.53 bits per heavy atom. The van der Waals surface area contributed by atoms with Crippen molar-refractivity contribution in [3.05, 3.63) is 24.3 Å². The largest absolute Gasteiger partial charge is 0.381 e. The fraction of sp³-hybridized carbons (Fsp3) is 0.600. The number of anilines is 2. The molecule has 1 aromatic rings. The third-order valence-electron chi connectivity index (χ3n) is 5.54. The van der Waals surface area contributed by atoms with Gasteiger partial charge in [-0.1, -0.05) is 0 Å². The molecule has 0 saturated carbocycles. The van der Waals surface area contributed by atoms with Gasteiger partial charge in [-0.05, 0) is 76.0 Å². The van der Waals surface area contributed by atoms with Gasteiger partial charge in [-0.3, -0.25) is 4.79 Å². The monoisotopic (exact) mass is 461 g/mol. The molecule has 5 N–H and O–H groups in total. The number of urea groups is 1. The van der Waals surface area contributed by atoms with E-state index in [2.05, 4.69) is 27.9 Å². The molecule has 0 spiro atoms. The number of nitrogens with zero attached hydrogens (tertiary/aromatic N) is 1. The summed E-state index contributed by atoms with van der Waals surface area (Å²) in [5.74, 6) is -0.0365. The highest BCUT2D eigenvalue weighted by Crippen LogP contribution is 2.20. The standard InChI is InChI=1S/C20H31N5O3.2ClH/c1-25-10-6-17(7-11-25)24-20(27)23-16-4-2-15(3-5-16)22-19(26)18(21)14-8-12-28-13-9-14;;/h2-5,14,17-18H,6-13,21H2,1H3,(H,22,26)(H2,23,24,27);2*1H. The fourth-order valence-corrected chi connectivity index (χ4v) is 3.66. The molecule has 170 valence electrons. The highest BCUT2D eigenvalue weighted by Gasteiger charge is 2.26. The number of piperidine rings is 1. The van der Waals surface area contributed by atoms with E-state index in [1.807, 2.05) is 0 Å². The van der Waals surface area contributed by atoms with Crippen molar-refractivity contribution in [3.63, 3.8) is 0 Å². The highest BCUT2D eigenvalue weighted by atomic mass is 35.5. The Kier molecular flexibility index (Phi) is 11.4. The van der Waals surface area contributed by atoms with Crippen LogP contribution in [0.25, 0.3) is 0 Å². The van der Waals surface area contributed by atoms with E-state index in [0.717, 1.165) is 38.8 Å². The zero-order valence-electron chi connectivity index (χ0n) is 17.3. The number of halogens is 2. The predicted molar refractivity (Wildman–Crippen MR) is 124 cm³/mol. The predicted octanol–water partition coefficient (Wildman–Crippen LogP) is 2.44. The van der Waals surface area contributed by atoms with E-state index in [-0.39, 0.29) is 48.7 Å². The third kappa shape index (κ3) is 7.92. The molecule has 3 amide bonds. The van der Waals surface area contributed by atoms with Crippen molar-refractivity contribution in [2.45, 2.75) is 37.8 Å². The lowest BCUT2D eigenvalue weighted by Crippen LogP contribution is -2.44. The lowest BCUT2D eigenvalue weighted by molar-refractivity contribution is -0.119. The van der Waals surface area contributed by atoms with Crippen molar-refractivity contribution in [2.24, 2.45) is 11.7 Å². The number of nitrogens with two attached hydrogens (primary N) is 1. The van der Waals surface area contributed by atoms with Crippen LogP contribution in [0.5, 0.6) is 0 Å². The molecule has 0 bridgehead atoms. The van der Waals surface area contributed by atoms with Crippen molar-refractivity contribution >= 4 is 48.1 Å². The van der Waals surface area contributed by atoms with Gasteiger partial charge < -0.3 is 31.3 Å². The molecular weight excluding hydrogens is 429 g/mol. The molecule has 1 unspecified atom stereocenters. The van der Waals surface area contributed by atoms with Crippen LogP contribution < -0.4 is 21.7 Å². The Morgan fingerprint density at radius 3 is 2.10 bits per heavy atom. The average Bonchev–Trinajstić information content (AvgIpc) is 2.71. The van der Waals surface area contributed by atoms with Crippen molar-refractivity contribution in [2.75, 3.05) is 44.0 Å². The van der Waals surface area contributed by atoms with E-state index in [4.69, 9.17) is 10.5 Å². The first-order valence-corrected chi connectivity index (χ1v) is 10.0. The summed E-state index contributed by atoms with van der Waals surface area (Å²) in [5, 5.41) is 8.70. The number of nitrogens with one attached hydrogen (secondary N) is 3. The smallest absolute Gasteiger partial charge is 0.319 e. The zero-order valence-corrected chi connectivity index (χ0v) is 18.9. The molecule has 1 atom stereocenters. The van der Waals surface area contributed by atoms with Crippen LogP contribution in [0.2, 0.25) is 0 Å². The lowest BCUT2D eigenvalue weighted by Gasteiger charge is -2.29. The van der Waals surface area contributed by atoms with E-state index in [1.54, 1.807) is 24.3 Å². The van der Waals surface area contributed by atoms with Gasteiger partial charge in [-0.2, -0.15) is 0 Å². The third-order valence-corrected chi connectivity index (χ3v) is 5.54. The number of carbonyl (C=O) groups is 2. The van der Waals surface area contributed by atoms with E-state index < -0.39 is 6.04 Å². The van der Waals surface area contributed by atoms with E-state index in [9.17, 15) is 9.59 Å². The number of ether oxygens (including phenoxy) is 1. The number of amides is 3. The van der Waals surface area contributed by atoms with Gasteiger partial charge in [0.15, 0.2) is 0 Å². The van der Waals surface area contributed by atoms with Gasteiger partial charge in [-0.25, -0.2) is 4.79 Å². The minimum Gasteiger partial charge on any atom is -0.381 e. The van der Waals surface area contributed by atoms with Crippen molar-refractivity contribution in [1.82, 2.24) is 10.2 Å². The van der Waals surface area contributed by atoms with Gasteiger partial charge in [0.1, 0.15) is 0 Å². The van der Waals surface area contributed by atoms with Crippen LogP contribution in [-0.2, 0) is 9.53 Å². The lowest BCUT2D eigenvalue weighted by atomic mass is 9.92. The molecule has 2 aliphatic heterocycles. The molecule has 2 fully saturated rings. The molecule has 2 heterocycles. The van der Waals surface area contributed by atoms with Crippen LogP contribution in [-0.4, -0.2) is 62.3 Å². The highest BCUT2D eigenvalue weighted by molar-refractivity contribution is 5.95. The van der Waals surface area contributed by atoms with Gasteiger partial charge in [0.25, 0.3) is 0 Å². The number of rotatable bonds is 5. The van der Waals surface area contributed by atoms with Crippen LogP contribution in [0.4, 0.5) is 16.2 Å². The molecule has 0 aromatic heterocycles. The molecule has 10 heteroatoms. The van der Waals surface area contributed by atoms with Crippen LogP contribution in [0.1, 0.15) is 25.7 Å². The second kappa shape index (κ2) is 13.0.